The number of allylic oxidation sites excluding steroid dienone is 1. The average molecular weight is 361 g/mol. The first-order chi connectivity index (χ1) is 13.0. The van der Waals surface area contributed by atoms with Gasteiger partial charge in [0, 0.05) is 12.0 Å². The minimum absolute atomic E-state index is 0.0764. The van der Waals surface area contributed by atoms with Crippen molar-refractivity contribution in [3.8, 4) is 11.6 Å². The summed E-state index contributed by atoms with van der Waals surface area (Å²) >= 11 is 0. The number of ether oxygens (including phenoxy) is 1. The number of para-hydroxylation sites is 1. The van der Waals surface area contributed by atoms with Crippen LogP contribution in [0.4, 0.5) is 0 Å². The molecule has 2 aliphatic rings. The quantitative estimate of drug-likeness (QED) is 0.695. The summed E-state index contributed by atoms with van der Waals surface area (Å²) in [7, 11) is 4.36. The molecule has 0 radical (unpaired) electrons. The van der Waals surface area contributed by atoms with E-state index in [0.717, 1.165) is 29.8 Å². The van der Waals surface area contributed by atoms with Gasteiger partial charge in [0.25, 0.3) is 0 Å². The SMILES string of the molecule is C=C[C@@H]1[C@H]2C=C(C)C[C@]1(N(C)C)c1ccc(Oc3ccccc3C)nc1C2. The minimum atomic E-state index is -0.0764. The van der Waals surface area contributed by atoms with E-state index in [1.54, 1.807) is 0 Å². The van der Waals surface area contributed by atoms with Gasteiger partial charge in [-0.3, -0.25) is 4.90 Å². The van der Waals surface area contributed by atoms with Gasteiger partial charge in [-0.1, -0.05) is 35.9 Å². The summed E-state index contributed by atoms with van der Waals surface area (Å²) in [5.41, 5.74) is 4.97. The number of hydrogen-bond donors (Lipinski definition) is 0. The Morgan fingerprint density at radius 1 is 1.19 bits per heavy atom. The van der Waals surface area contributed by atoms with E-state index in [0.29, 0.717) is 17.7 Å². The van der Waals surface area contributed by atoms with Crippen LogP contribution in [0.1, 0.15) is 30.2 Å². The molecule has 0 amide bonds. The first kappa shape index (κ1) is 18.0. The van der Waals surface area contributed by atoms with Crippen LogP contribution in [0.25, 0.3) is 0 Å². The van der Waals surface area contributed by atoms with Gasteiger partial charge in [0.05, 0.1) is 11.2 Å². The molecule has 0 spiro atoms. The van der Waals surface area contributed by atoms with Crippen LogP contribution in [0.5, 0.6) is 11.6 Å². The lowest BCUT2D eigenvalue weighted by molar-refractivity contribution is 0.0537. The molecule has 4 rings (SSSR count). The molecule has 0 saturated heterocycles. The highest BCUT2D eigenvalue weighted by Gasteiger charge is 2.51. The van der Waals surface area contributed by atoms with Crippen molar-refractivity contribution in [2.45, 2.75) is 32.2 Å². The number of benzene rings is 1. The highest BCUT2D eigenvalue weighted by atomic mass is 16.5. The molecule has 140 valence electrons. The smallest absolute Gasteiger partial charge is 0.219 e. The maximum absolute atomic E-state index is 6.10. The molecule has 3 nitrogen and oxygen atoms in total. The van der Waals surface area contributed by atoms with E-state index >= 15 is 0 Å². The molecule has 0 unspecified atom stereocenters. The summed E-state index contributed by atoms with van der Waals surface area (Å²) in [4.78, 5) is 7.31. The van der Waals surface area contributed by atoms with Crippen LogP contribution in [0.3, 0.4) is 0 Å². The molecule has 1 aromatic carbocycles. The Morgan fingerprint density at radius 3 is 2.67 bits per heavy atom. The number of rotatable bonds is 4. The van der Waals surface area contributed by atoms with Crippen molar-refractivity contribution < 1.29 is 4.74 Å². The molecule has 0 saturated carbocycles. The summed E-state index contributed by atoms with van der Waals surface area (Å²) in [5, 5.41) is 0. The van der Waals surface area contributed by atoms with Crippen LogP contribution in [0.15, 0.2) is 60.7 Å². The molecule has 0 fully saturated rings. The first-order valence-corrected chi connectivity index (χ1v) is 9.67. The van der Waals surface area contributed by atoms with Crippen molar-refractivity contribution in [2.24, 2.45) is 11.8 Å². The van der Waals surface area contributed by atoms with E-state index in [1.165, 1.54) is 11.1 Å². The molecule has 1 aromatic heterocycles. The van der Waals surface area contributed by atoms with Gasteiger partial charge >= 0.3 is 0 Å². The fourth-order valence-corrected chi connectivity index (χ4v) is 5.05. The number of hydrogen-bond acceptors (Lipinski definition) is 3. The van der Waals surface area contributed by atoms with Crippen LogP contribution in [-0.4, -0.2) is 24.0 Å². The summed E-state index contributed by atoms with van der Waals surface area (Å²) in [6.07, 6.45) is 6.52. The molecular weight excluding hydrogens is 332 g/mol. The van der Waals surface area contributed by atoms with Gasteiger partial charge in [0.15, 0.2) is 0 Å². The normalized spacial score (nSPS) is 26.3. The van der Waals surface area contributed by atoms with Crippen molar-refractivity contribution >= 4 is 0 Å². The summed E-state index contributed by atoms with van der Waals surface area (Å²) in [5.74, 6) is 2.37. The fourth-order valence-electron chi connectivity index (χ4n) is 5.05. The Kier molecular flexibility index (Phi) is 4.43. The van der Waals surface area contributed by atoms with E-state index in [9.17, 15) is 0 Å². The Balaban J connectivity index is 1.79. The topological polar surface area (TPSA) is 25.4 Å². The van der Waals surface area contributed by atoms with Crippen molar-refractivity contribution in [3.63, 3.8) is 0 Å². The van der Waals surface area contributed by atoms with Crippen molar-refractivity contribution in [1.29, 1.82) is 0 Å². The molecule has 0 N–H and O–H groups in total. The Bertz CT molecular complexity index is 914. The standard InChI is InChI=1S/C24H28N2O/c1-6-19-18-13-16(2)15-24(19,26(4)5)20-11-12-23(25-21(20)14-18)27-22-10-8-7-9-17(22)3/h6-13,18-19H,1,14-15H2,2-5H3/t18-,19+,24+/m0/s1. The molecule has 27 heavy (non-hydrogen) atoms. The molecule has 2 aromatic rings. The molecule has 2 aliphatic carbocycles. The third kappa shape index (κ3) is 2.81. The third-order valence-corrected chi connectivity index (χ3v) is 6.26. The Labute approximate surface area is 162 Å². The molecule has 0 aliphatic heterocycles. The van der Waals surface area contributed by atoms with E-state index in [4.69, 9.17) is 9.72 Å². The summed E-state index contributed by atoms with van der Waals surface area (Å²) < 4.78 is 6.10. The second-order valence-electron chi connectivity index (χ2n) is 8.15. The second-order valence-corrected chi connectivity index (χ2v) is 8.15. The highest BCUT2D eigenvalue weighted by Crippen LogP contribution is 2.53. The lowest BCUT2D eigenvalue weighted by Gasteiger charge is -2.54. The Hall–Kier alpha value is -2.39. The van der Waals surface area contributed by atoms with Crippen LogP contribution >= 0.6 is 0 Å². The van der Waals surface area contributed by atoms with Gasteiger partial charge < -0.3 is 4.74 Å². The van der Waals surface area contributed by atoms with Gasteiger partial charge in [-0.15, -0.1) is 6.58 Å². The zero-order valence-electron chi connectivity index (χ0n) is 16.7. The zero-order valence-corrected chi connectivity index (χ0v) is 16.7. The Morgan fingerprint density at radius 2 is 1.96 bits per heavy atom. The van der Waals surface area contributed by atoms with Gasteiger partial charge in [0.2, 0.25) is 5.88 Å². The minimum Gasteiger partial charge on any atom is -0.439 e. The van der Waals surface area contributed by atoms with Crippen molar-refractivity contribution in [1.82, 2.24) is 9.88 Å². The second kappa shape index (κ2) is 6.65. The number of aromatic nitrogens is 1. The highest BCUT2D eigenvalue weighted by molar-refractivity contribution is 5.43. The van der Waals surface area contributed by atoms with Gasteiger partial charge in [-0.25, -0.2) is 4.98 Å². The van der Waals surface area contributed by atoms with Gasteiger partial charge in [0.1, 0.15) is 5.75 Å². The van der Waals surface area contributed by atoms with E-state index in [-0.39, 0.29) is 5.54 Å². The lowest BCUT2D eigenvalue weighted by atomic mass is 9.59. The largest absolute Gasteiger partial charge is 0.439 e. The monoisotopic (exact) mass is 360 g/mol. The first-order valence-electron chi connectivity index (χ1n) is 9.67. The van der Waals surface area contributed by atoms with Crippen molar-refractivity contribution in [2.75, 3.05) is 14.1 Å². The van der Waals surface area contributed by atoms with E-state index in [2.05, 4.69) is 63.7 Å². The molecule has 3 atom stereocenters. The number of nitrogens with zero attached hydrogens (tertiary/aromatic N) is 2. The van der Waals surface area contributed by atoms with Crippen molar-refractivity contribution in [3.05, 3.63) is 77.5 Å². The van der Waals surface area contributed by atoms with Crippen LogP contribution in [0, 0.1) is 18.8 Å². The number of fused-ring (bicyclic) bond motifs is 4. The molecule has 1 heterocycles. The van der Waals surface area contributed by atoms with Crippen LogP contribution in [0.2, 0.25) is 0 Å². The van der Waals surface area contributed by atoms with Gasteiger partial charge in [-0.05, 0) is 70.0 Å². The predicted octanol–water partition coefficient (Wildman–Crippen LogP) is 5.26. The average Bonchev–Trinajstić information content (AvgIpc) is 2.62. The van der Waals surface area contributed by atoms with Gasteiger partial charge in [-0.2, -0.15) is 0 Å². The molecular formula is C24H28N2O. The summed E-state index contributed by atoms with van der Waals surface area (Å²) in [6, 6.07) is 12.3. The maximum atomic E-state index is 6.10. The maximum Gasteiger partial charge on any atom is 0.219 e. The molecule has 2 bridgehead atoms. The third-order valence-electron chi connectivity index (χ3n) is 6.26. The lowest BCUT2D eigenvalue weighted by Crippen LogP contribution is -2.54. The molecule has 3 heteroatoms. The van der Waals surface area contributed by atoms with E-state index in [1.807, 2.05) is 24.3 Å². The van der Waals surface area contributed by atoms with Crippen LogP contribution < -0.4 is 4.74 Å². The zero-order chi connectivity index (χ0) is 19.2. The fraction of sp³-hybridized carbons (Fsp3) is 0.375. The van der Waals surface area contributed by atoms with E-state index < -0.39 is 0 Å². The summed E-state index contributed by atoms with van der Waals surface area (Å²) in [6.45, 7) is 8.48. The number of pyridine rings is 1. The predicted molar refractivity (Wildman–Crippen MR) is 110 cm³/mol. The van der Waals surface area contributed by atoms with Crippen LogP contribution in [-0.2, 0) is 12.0 Å². The number of aryl methyl sites for hydroxylation is 1.